The van der Waals surface area contributed by atoms with Gasteiger partial charge >= 0.3 is 0 Å². The van der Waals surface area contributed by atoms with E-state index in [9.17, 15) is 20.1 Å². The number of carbonyl (C=O) groups excluding carboxylic acids is 1. The number of rotatable bonds is 14. The summed E-state index contributed by atoms with van der Waals surface area (Å²) in [6.07, 6.45) is 1.92. The van der Waals surface area contributed by atoms with Gasteiger partial charge in [0.1, 0.15) is 5.78 Å². The summed E-state index contributed by atoms with van der Waals surface area (Å²) in [4.78, 5) is 12.9. The van der Waals surface area contributed by atoms with Crippen molar-refractivity contribution in [1.82, 2.24) is 0 Å². The number of phenolic OH excluding ortho intramolecular Hbond substituents is 2. The standard InChI is InChI=1S/C32H40O6/c1-21(2)16-27-24(12-15-29(35)32(27)38-4)19-25(17-22-8-6-5-7-9-22)30(36)20-26(33)13-10-23-11-14-28(34)31(18-23)37-3/h5-9,11-12,14-15,18,21,25,30,34-36H,10,13,16-17,19-20H2,1-4H3. The molecule has 6 nitrogen and oxygen atoms in total. The number of methoxy groups -OCH3 is 2. The van der Waals surface area contributed by atoms with Crippen LogP contribution in [0.5, 0.6) is 23.0 Å². The zero-order valence-corrected chi connectivity index (χ0v) is 22.8. The number of phenols is 2. The molecule has 0 heterocycles. The number of aliphatic hydroxyl groups is 1. The lowest BCUT2D eigenvalue weighted by Gasteiger charge is -2.25. The number of hydrogen-bond acceptors (Lipinski definition) is 6. The van der Waals surface area contributed by atoms with Crippen molar-refractivity contribution in [2.24, 2.45) is 11.8 Å². The Morgan fingerprint density at radius 2 is 1.55 bits per heavy atom. The van der Waals surface area contributed by atoms with Crippen LogP contribution < -0.4 is 9.47 Å². The van der Waals surface area contributed by atoms with E-state index in [1.165, 1.54) is 7.11 Å². The van der Waals surface area contributed by atoms with E-state index in [4.69, 9.17) is 9.47 Å². The number of carbonyl (C=O) groups is 1. The molecule has 3 rings (SSSR count). The molecule has 2 unspecified atom stereocenters. The van der Waals surface area contributed by atoms with Gasteiger partial charge in [-0.1, -0.05) is 56.3 Å². The normalized spacial score (nSPS) is 12.8. The van der Waals surface area contributed by atoms with Crippen molar-refractivity contribution in [1.29, 1.82) is 0 Å². The molecule has 0 aliphatic heterocycles. The average molecular weight is 521 g/mol. The van der Waals surface area contributed by atoms with Crippen LogP contribution in [0.4, 0.5) is 0 Å². The van der Waals surface area contributed by atoms with E-state index in [0.717, 1.165) is 28.7 Å². The molecule has 0 bridgehead atoms. The maximum atomic E-state index is 12.9. The number of aryl methyl sites for hydroxylation is 1. The van der Waals surface area contributed by atoms with Crippen LogP contribution in [0, 0.1) is 11.8 Å². The highest BCUT2D eigenvalue weighted by atomic mass is 16.5. The van der Waals surface area contributed by atoms with Crippen molar-refractivity contribution in [3.05, 3.63) is 82.9 Å². The summed E-state index contributed by atoms with van der Waals surface area (Å²) in [6, 6.07) is 18.6. The molecule has 0 aliphatic carbocycles. The Labute approximate surface area is 225 Å². The molecule has 0 fully saturated rings. The maximum absolute atomic E-state index is 12.9. The molecule has 3 aromatic carbocycles. The summed E-state index contributed by atoms with van der Waals surface area (Å²) in [5.74, 6) is 1.15. The maximum Gasteiger partial charge on any atom is 0.163 e. The number of aliphatic hydroxyl groups excluding tert-OH is 1. The van der Waals surface area contributed by atoms with Gasteiger partial charge in [0, 0.05) is 18.4 Å². The molecule has 0 saturated carbocycles. The van der Waals surface area contributed by atoms with Crippen LogP contribution in [0.15, 0.2) is 60.7 Å². The zero-order valence-electron chi connectivity index (χ0n) is 22.8. The molecular weight excluding hydrogens is 480 g/mol. The van der Waals surface area contributed by atoms with Crippen LogP contribution in [-0.4, -0.2) is 41.4 Å². The average Bonchev–Trinajstić information content (AvgIpc) is 2.89. The summed E-state index contributed by atoms with van der Waals surface area (Å²) >= 11 is 0. The molecule has 0 aliphatic rings. The zero-order chi connectivity index (χ0) is 27.7. The number of Topliss-reactive ketones (excluding diaryl/α,β-unsaturated/α-hetero) is 1. The molecule has 6 heteroatoms. The first-order valence-corrected chi connectivity index (χ1v) is 13.2. The van der Waals surface area contributed by atoms with Gasteiger partial charge in [0.05, 0.1) is 20.3 Å². The van der Waals surface area contributed by atoms with E-state index in [1.807, 2.05) is 36.4 Å². The Morgan fingerprint density at radius 3 is 2.21 bits per heavy atom. The fourth-order valence-corrected chi connectivity index (χ4v) is 4.91. The van der Waals surface area contributed by atoms with E-state index in [0.29, 0.717) is 36.7 Å². The van der Waals surface area contributed by atoms with Crippen LogP contribution in [0.3, 0.4) is 0 Å². The van der Waals surface area contributed by atoms with Crippen molar-refractivity contribution in [2.45, 2.75) is 58.5 Å². The first-order chi connectivity index (χ1) is 18.2. The lowest BCUT2D eigenvalue weighted by atomic mass is 9.83. The topological polar surface area (TPSA) is 96.2 Å². The molecule has 0 amide bonds. The van der Waals surface area contributed by atoms with Crippen LogP contribution in [0.1, 0.15) is 48.9 Å². The predicted molar refractivity (Wildman–Crippen MR) is 149 cm³/mol. The second kappa shape index (κ2) is 13.9. The number of ether oxygens (including phenoxy) is 2. The van der Waals surface area contributed by atoms with Gasteiger partial charge in [0.2, 0.25) is 0 Å². The molecule has 0 saturated heterocycles. The molecule has 0 radical (unpaired) electrons. The van der Waals surface area contributed by atoms with Crippen LogP contribution >= 0.6 is 0 Å². The Hall–Kier alpha value is -3.51. The molecular formula is C32H40O6. The molecule has 3 N–H and O–H groups in total. The molecule has 3 aromatic rings. The summed E-state index contributed by atoms with van der Waals surface area (Å²) in [5, 5.41) is 31.5. The van der Waals surface area contributed by atoms with Crippen LogP contribution in [0.25, 0.3) is 0 Å². The second-order valence-electron chi connectivity index (χ2n) is 10.3. The second-order valence-corrected chi connectivity index (χ2v) is 10.3. The van der Waals surface area contributed by atoms with E-state index >= 15 is 0 Å². The molecule has 0 spiro atoms. The van der Waals surface area contributed by atoms with E-state index in [-0.39, 0.29) is 36.0 Å². The first kappa shape index (κ1) is 29.1. The summed E-state index contributed by atoms with van der Waals surface area (Å²) in [7, 11) is 3.05. The number of benzene rings is 3. The molecule has 204 valence electrons. The SMILES string of the molecule is COc1cc(CCC(=O)CC(O)C(Cc2ccccc2)Cc2ccc(O)c(OC)c2CC(C)C)ccc1O. The summed E-state index contributed by atoms with van der Waals surface area (Å²) in [6.45, 7) is 4.23. The first-order valence-electron chi connectivity index (χ1n) is 13.2. The fraction of sp³-hybridized carbons (Fsp3) is 0.406. The lowest BCUT2D eigenvalue weighted by molar-refractivity contribution is -0.121. The Balaban J connectivity index is 1.78. The highest BCUT2D eigenvalue weighted by Gasteiger charge is 2.25. The van der Waals surface area contributed by atoms with Crippen molar-refractivity contribution < 1.29 is 29.6 Å². The lowest BCUT2D eigenvalue weighted by Crippen LogP contribution is -2.28. The smallest absolute Gasteiger partial charge is 0.163 e. The van der Waals surface area contributed by atoms with Gasteiger partial charge in [-0.2, -0.15) is 0 Å². The van der Waals surface area contributed by atoms with Crippen molar-refractivity contribution >= 4 is 5.78 Å². The predicted octanol–water partition coefficient (Wildman–Crippen LogP) is 5.67. The summed E-state index contributed by atoms with van der Waals surface area (Å²) in [5.41, 5.74) is 3.94. The minimum absolute atomic E-state index is 0.0201. The summed E-state index contributed by atoms with van der Waals surface area (Å²) < 4.78 is 10.7. The number of hydrogen-bond donors (Lipinski definition) is 3. The monoisotopic (exact) mass is 520 g/mol. The Bertz CT molecular complexity index is 1190. The molecule has 2 atom stereocenters. The van der Waals surface area contributed by atoms with Gasteiger partial charge < -0.3 is 24.8 Å². The van der Waals surface area contributed by atoms with E-state index in [2.05, 4.69) is 13.8 Å². The van der Waals surface area contributed by atoms with Gasteiger partial charge in [-0.25, -0.2) is 0 Å². The van der Waals surface area contributed by atoms with Crippen molar-refractivity contribution in [2.75, 3.05) is 14.2 Å². The largest absolute Gasteiger partial charge is 0.504 e. The third-order valence-corrected chi connectivity index (χ3v) is 6.89. The minimum atomic E-state index is -0.830. The highest BCUT2D eigenvalue weighted by Crippen LogP contribution is 2.36. The van der Waals surface area contributed by atoms with E-state index < -0.39 is 6.10 Å². The Kier molecular flexibility index (Phi) is 10.6. The van der Waals surface area contributed by atoms with Gasteiger partial charge in [-0.05, 0) is 72.4 Å². The Morgan fingerprint density at radius 1 is 0.842 bits per heavy atom. The molecule has 0 aromatic heterocycles. The number of aromatic hydroxyl groups is 2. The molecule has 38 heavy (non-hydrogen) atoms. The number of ketones is 1. The van der Waals surface area contributed by atoms with Gasteiger partial charge in [0.15, 0.2) is 23.0 Å². The van der Waals surface area contributed by atoms with Gasteiger partial charge in [0.25, 0.3) is 0 Å². The van der Waals surface area contributed by atoms with Crippen molar-refractivity contribution in [3.8, 4) is 23.0 Å². The highest BCUT2D eigenvalue weighted by molar-refractivity contribution is 5.79. The quantitative estimate of drug-likeness (QED) is 0.254. The minimum Gasteiger partial charge on any atom is -0.504 e. The van der Waals surface area contributed by atoms with Gasteiger partial charge in [-0.3, -0.25) is 4.79 Å². The van der Waals surface area contributed by atoms with Crippen molar-refractivity contribution in [3.63, 3.8) is 0 Å². The fourth-order valence-electron chi connectivity index (χ4n) is 4.91. The van der Waals surface area contributed by atoms with Crippen LogP contribution in [0.2, 0.25) is 0 Å². The van der Waals surface area contributed by atoms with Gasteiger partial charge in [-0.15, -0.1) is 0 Å². The third-order valence-electron chi connectivity index (χ3n) is 6.89. The van der Waals surface area contributed by atoms with E-state index in [1.54, 1.807) is 31.4 Å². The van der Waals surface area contributed by atoms with Crippen LogP contribution in [-0.2, 0) is 30.5 Å². The third kappa shape index (κ3) is 7.99.